The summed E-state index contributed by atoms with van der Waals surface area (Å²) in [5.74, 6) is 0.0414. The van der Waals surface area contributed by atoms with Gasteiger partial charge in [0.15, 0.2) is 0 Å². The lowest BCUT2D eigenvalue weighted by Crippen LogP contribution is -2.54. The summed E-state index contributed by atoms with van der Waals surface area (Å²) in [6.07, 6.45) is 3.11. The van der Waals surface area contributed by atoms with Crippen LogP contribution >= 0.6 is 0 Å². The number of fused-ring (bicyclic) bond motifs is 3. The fourth-order valence-electron chi connectivity index (χ4n) is 4.25. The summed E-state index contributed by atoms with van der Waals surface area (Å²) in [5.41, 5.74) is 2.50. The van der Waals surface area contributed by atoms with Crippen LogP contribution in [0.1, 0.15) is 29.6 Å². The number of morpholine rings is 1. The number of hydrogen-bond donors (Lipinski definition) is 1. The maximum absolute atomic E-state index is 12.7. The maximum Gasteiger partial charge on any atom is 0.251 e. The number of benzene rings is 1. The number of anilines is 2. The van der Waals surface area contributed by atoms with Crippen LogP contribution in [0.2, 0.25) is 0 Å². The molecule has 1 unspecified atom stereocenters. The highest BCUT2D eigenvalue weighted by atomic mass is 16.5. The topological polar surface area (TPSA) is 65.1 Å². The molecule has 0 saturated carbocycles. The highest BCUT2D eigenvalue weighted by Gasteiger charge is 2.37. The lowest BCUT2D eigenvalue weighted by molar-refractivity contribution is -0.120. The first-order valence-electron chi connectivity index (χ1n) is 9.92. The summed E-state index contributed by atoms with van der Waals surface area (Å²) in [6.45, 7) is 5.69. The fraction of sp³-hybridized carbons (Fsp3) is 0.600. The van der Waals surface area contributed by atoms with Gasteiger partial charge >= 0.3 is 0 Å². The Labute approximate surface area is 160 Å². The van der Waals surface area contributed by atoms with E-state index in [4.69, 9.17) is 4.74 Å². The highest BCUT2D eigenvalue weighted by molar-refractivity contribution is 6.07. The lowest BCUT2D eigenvalue weighted by atomic mass is 9.96. The fourth-order valence-corrected chi connectivity index (χ4v) is 4.25. The zero-order valence-corrected chi connectivity index (χ0v) is 15.9. The quantitative estimate of drug-likeness (QED) is 0.857. The zero-order valence-electron chi connectivity index (χ0n) is 15.9. The molecule has 0 aliphatic carbocycles. The van der Waals surface area contributed by atoms with E-state index in [-0.39, 0.29) is 17.9 Å². The Hall–Kier alpha value is -2.12. The van der Waals surface area contributed by atoms with E-state index >= 15 is 0 Å². The van der Waals surface area contributed by atoms with Gasteiger partial charge in [0.05, 0.1) is 24.6 Å². The molecule has 1 atom stereocenters. The number of nitrogens with one attached hydrogen (secondary N) is 1. The third kappa shape index (κ3) is 3.66. The van der Waals surface area contributed by atoms with Crippen LogP contribution in [0.4, 0.5) is 11.4 Å². The molecule has 1 N–H and O–H groups in total. The second-order valence-corrected chi connectivity index (χ2v) is 7.52. The molecule has 0 aromatic heterocycles. The number of rotatable bonds is 4. The Balaban J connectivity index is 1.44. The molecule has 0 spiro atoms. The SMILES string of the molecule is CN1C(=O)C2CCCCN2c2ccc(C(=O)NCCN3CCOCC3)cc21. The summed E-state index contributed by atoms with van der Waals surface area (Å²) in [5, 5.41) is 3.00. The van der Waals surface area contributed by atoms with Crippen molar-refractivity contribution in [1.82, 2.24) is 10.2 Å². The average Bonchev–Trinajstić information content (AvgIpc) is 2.72. The van der Waals surface area contributed by atoms with Crippen molar-refractivity contribution in [2.45, 2.75) is 25.3 Å². The van der Waals surface area contributed by atoms with Gasteiger partial charge in [-0.3, -0.25) is 14.5 Å². The number of hydrogen-bond acceptors (Lipinski definition) is 5. The molecule has 0 bridgehead atoms. The van der Waals surface area contributed by atoms with Gasteiger partial charge in [0.1, 0.15) is 6.04 Å². The smallest absolute Gasteiger partial charge is 0.251 e. The van der Waals surface area contributed by atoms with E-state index < -0.39 is 0 Å². The minimum absolute atomic E-state index is 0.0514. The van der Waals surface area contributed by atoms with Crippen LogP contribution in [0.15, 0.2) is 18.2 Å². The molecule has 2 amide bonds. The average molecular weight is 372 g/mol. The van der Waals surface area contributed by atoms with Crippen molar-refractivity contribution >= 4 is 23.2 Å². The van der Waals surface area contributed by atoms with Gasteiger partial charge in [0.2, 0.25) is 5.91 Å². The molecule has 7 nitrogen and oxygen atoms in total. The predicted molar refractivity (Wildman–Crippen MR) is 104 cm³/mol. The normalized spacial score (nSPS) is 23.0. The molecule has 4 rings (SSSR count). The van der Waals surface area contributed by atoms with Gasteiger partial charge in [-0.15, -0.1) is 0 Å². The maximum atomic E-state index is 12.7. The highest BCUT2D eigenvalue weighted by Crippen LogP contribution is 2.39. The van der Waals surface area contributed by atoms with Crippen molar-refractivity contribution in [1.29, 1.82) is 0 Å². The Morgan fingerprint density at radius 1 is 1.19 bits per heavy atom. The molecule has 1 aromatic rings. The number of amides is 2. The molecule has 7 heteroatoms. The van der Waals surface area contributed by atoms with Crippen LogP contribution in [-0.2, 0) is 9.53 Å². The summed E-state index contributed by atoms with van der Waals surface area (Å²) in [7, 11) is 1.81. The molecule has 2 saturated heterocycles. The largest absolute Gasteiger partial charge is 0.379 e. The minimum atomic E-state index is -0.0901. The number of likely N-dealkylation sites (N-methyl/N-ethyl adjacent to an activating group) is 1. The standard InChI is InChI=1S/C20H28N4O3/c1-22-18-14-15(19(25)21-7-9-23-10-12-27-13-11-23)5-6-16(18)24-8-3-2-4-17(24)20(22)26/h5-6,14,17H,2-4,7-13H2,1H3,(H,21,25). The van der Waals surface area contributed by atoms with E-state index in [9.17, 15) is 9.59 Å². The summed E-state index contributed by atoms with van der Waals surface area (Å²) in [6, 6.07) is 5.66. The van der Waals surface area contributed by atoms with Crippen LogP contribution in [0.5, 0.6) is 0 Å². The van der Waals surface area contributed by atoms with Gasteiger partial charge in [0, 0.05) is 45.3 Å². The molecule has 146 valence electrons. The van der Waals surface area contributed by atoms with Gasteiger partial charge in [-0.05, 0) is 37.5 Å². The molecule has 2 fully saturated rings. The van der Waals surface area contributed by atoms with E-state index in [2.05, 4.69) is 15.1 Å². The number of carbonyl (C=O) groups excluding carboxylic acids is 2. The van der Waals surface area contributed by atoms with E-state index in [1.165, 1.54) is 0 Å². The molecular formula is C20H28N4O3. The Morgan fingerprint density at radius 2 is 2.00 bits per heavy atom. The Bertz CT molecular complexity index is 717. The first-order valence-corrected chi connectivity index (χ1v) is 9.92. The molecular weight excluding hydrogens is 344 g/mol. The number of piperidine rings is 1. The number of nitrogens with zero attached hydrogens (tertiary/aromatic N) is 3. The first-order chi connectivity index (χ1) is 13.1. The van der Waals surface area contributed by atoms with Crippen molar-refractivity contribution in [3.63, 3.8) is 0 Å². The van der Waals surface area contributed by atoms with Crippen LogP contribution in [0, 0.1) is 0 Å². The van der Waals surface area contributed by atoms with Gasteiger partial charge in [-0.25, -0.2) is 0 Å². The zero-order chi connectivity index (χ0) is 18.8. The second kappa shape index (κ2) is 7.86. The minimum Gasteiger partial charge on any atom is -0.379 e. The summed E-state index contributed by atoms with van der Waals surface area (Å²) < 4.78 is 5.34. The molecule has 27 heavy (non-hydrogen) atoms. The van der Waals surface area contributed by atoms with Gasteiger partial charge in [-0.1, -0.05) is 0 Å². The van der Waals surface area contributed by atoms with Crippen molar-refractivity contribution < 1.29 is 14.3 Å². The third-order valence-electron chi connectivity index (χ3n) is 5.84. The van der Waals surface area contributed by atoms with E-state index in [0.717, 1.165) is 70.0 Å². The number of carbonyl (C=O) groups is 2. The van der Waals surface area contributed by atoms with Gasteiger partial charge in [-0.2, -0.15) is 0 Å². The molecule has 1 aromatic carbocycles. The van der Waals surface area contributed by atoms with Crippen molar-refractivity contribution in [2.24, 2.45) is 0 Å². The van der Waals surface area contributed by atoms with Crippen LogP contribution in [-0.4, -0.2) is 75.7 Å². The van der Waals surface area contributed by atoms with E-state index in [0.29, 0.717) is 12.1 Å². The monoisotopic (exact) mass is 372 g/mol. The van der Waals surface area contributed by atoms with Gasteiger partial charge in [0.25, 0.3) is 5.91 Å². The Kier molecular flexibility index (Phi) is 5.31. The van der Waals surface area contributed by atoms with Crippen molar-refractivity contribution in [2.75, 3.05) is 62.8 Å². The summed E-state index contributed by atoms with van der Waals surface area (Å²) in [4.78, 5) is 31.5. The van der Waals surface area contributed by atoms with Gasteiger partial charge < -0.3 is 19.9 Å². The lowest BCUT2D eigenvalue weighted by Gasteiger charge is -2.44. The van der Waals surface area contributed by atoms with E-state index in [1.54, 1.807) is 4.90 Å². The summed E-state index contributed by atoms with van der Waals surface area (Å²) >= 11 is 0. The van der Waals surface area contributed by atoms with Crippen LogP contribution in [0.3, 0.4) is 0 Å². The van der Waals surface area contributed by atoms with Crippen LogP contribution in [0.25, 0.3) is 0 Å². The molecule has 3 aliphatic heterocycles. The molecule has 0 radical (unpaired) electrons. The Morgan fingerprint density at radius 3 is 2.81 bits per heavy atom. The second-order valence-electron chi connectivity index (χ2n) is 7.52. The van der Waals surface area contributed by atoms with E-state index in [1.807, 2.05) is 25.2 Å². The van der Waals surface area contributed by atoms with Crippen LogP contribution < -0.4 is 15.1 Å². The van der Waals surface area contributed by atoms with Crippen molar-refractivity contribution in [3.8, 4) is 0 Å². The van der Waals surface area contributed by atoms with Crippen molar-refractivity contribution in [3.05, 3.63) is 23.8 Å². The molecule has 3 heterocycles. The predicted octanol–water partition coefficient (Wildman–Crippen LogP) is 1.08. The number of ether oxygens (including phenoxy) is 1. The molecule has 3 aliphatic rings. The first kappa shape index (κ1) is 18.3. The third-order valence-corrected chi connectivity index (χ3v) is 5.84.